The van der Waals surface area contributed by atoms with Crippen LogP contribution in [0.1, 0.15) is 30.6 Å². The van der Waals surface area contributed by atoms with Gasteiger partial charge >= 0.3 is 0 Å². The molecule has 2 aromatic heterocycles. The molecule has 0 fully saturated rings. The first kappa shape index (κ1) is 22.5. The van der Waals surface area contributed by atoms with Crippen molar-refractivity contribution in [2.24, 2.45) is 17.4 Å². The molecule has 0 saturated carbocycles. The van der Waals surface area contributed by atoms with Gasteiger partial charge in [0.1, 0.15) is 11.6 Å². The Balaban J connectivity index is 1.91. The monoisotopic (exact) mass is 435 g/mol. The summed E-state index contributed by atoms with van der Waals surface area (Å²) in [6.45, 7) is 3.87. The van der Waals surface area contributed by atoms with Gasteiger partial charge in [-0.25, -0.2) is 0 Å². The molecule has 0 radical (unpaired) electrons. The normalized spacial score (nSPS) is 11.7. The number of nitrogens with one attached hydrogen (secondary N) is 3. The molecule has 2 amide bonds. The van der Waals surface area contributed by atoms with Crippen LogP contribution < -0.4 is 27.7 Å². The van der Waals surface area contributed by atoms with E-state index < -0.39 is 23.4 Å². The van der Waals surface area contributed by atoms with Gasteiger partial charge in [-0.3, -0.25) is 24.4 Å². The number of rotatable bonds is 9. The number of aromatic nitrogens is 3. The Morgan fingerprint density at radius 2 is 1.81 bits per heavy atom. The number of hydrogen-bond donors (Lipinski definition) is 5. The predicted octanol–water partition coefficient (Wildman–Crippen LogP) is 1.99. The van der Waals surface area contributed by atoms with Crippen molar-refractivity contribution in [2.75, 3.05) is 10.6 Å². The standard InChI is InChI=1S/C22H25N7O3/c1-12(2)11-16(18(23)30)27-22-28-20(17(19(24)31)21(32)29-22)26-14-8-6-13(7-9-14)15-5-3-4-10-25-15/h3-10,12,16H,11H2,1-2H3,(H2,23,30)(H2,24,31)(H3,26,27,28,29,32)/t16-/m1/s1. The third-order valence-corrected chi connectivity index (χ3v) is 4.64. The number of hydrogen-bond acceptors (Lipinski definition) is 7. The van der Waals surface area contributed by atoms with Crippen LogP contribution in [-0.2, 0) is 4.79 Å². The number of H-pyrrole nitrogens is 1. The van der Waals surface area contributed by atoms with Gasteiger partial charge in [0.05, 0.1) is 5.69 Å². The van der Waals surface area contributed by atoms with E-state index in [1.807, 2.05) is 44.2 Å². The Hall–Kier alpha value is -4.21. The lowest BCUT2D eigenvalue weighted by Gasteiger charge is -2.18. The summed E-state index contributed by atoms with van der Waals surface area (Å²) in [6.07, 6.45) is 2.14. The number of nitrogens with two attached hydrogens (primary N) is 2. The molecule has 1 aromatic carbocycles. The van der Waals surface area contributed by atoms with Crippen molar-refractivity contribution >= 4 is 29.3 Å². The van der Waals surface area contributed by atoms with Crippen LogP contribution in [0.5, 0.6) is 0 Å². The van der Waals surface area contributed by atoms with Crippen LogP contribution in [0.3, 0.4) is 0 Å². The highest BCUT2D eigenvalue weighted by Crippen LogP contribution is 2.22. The van der Waals surface area contributed by atoms with Gasteiger partial charge in [0, 0.05) is 17.4 Å². The van der Waals surface area contributed by atoms with Crippen LogP contribution in [0.4, 0.5) is 17.5 Å². The number of anilines is 3. The molecule has 7 N–H and O–H groups in total. The van der Waals surface area contributed by atoms with Crippen LogP contribution >= 0.6 is 0 Å². The zero-order valence-electron chi connectivity index (χ0n) is 17.8. The van der Waals surface area contributed by atoms with Crippen molar-refractivity contribution in [3.8, 4) is 11.3 Å². The minimum atomic E-state index is -0.938. The fourth-order valence-corrected chi connectivity index (χ4v) is 3.14. The van der Waals surface area contributed by atoms with Crippen LogP contribution in [0, 0.1) is 5.92 Å². The lowest BCUT2D eigenvalue weighted by atomic mass is 10.0. The molecule has 0 aliphatic heterocycles. The Labute approximate surface area is 184 Å². The van der Waals surface area contributed by atoms with Crippen molar-refractivity contribution < 1.29 is 9.59 Å². The molecule has 1 atom stereocenters. The molecule has 166 valence electrons. The predicted molar refractivity (Wildman–Crippen MR) is 122 cm³/mol. The van der Waals surface area contributed by atoms with Crippen LogP contribution in [0.2, 0.25) is 0 Å². The number of amides is 2. The first-order chi connectivity index (χ1) is 15.2. The largest absolute Gasteiger partial charge is 0.368 e. The molecule has 3 aromatic rings. The Morgan fingerprint density at radius 3 is 2.38 bits per heavy atom. The van der Waals surface area contributed by atoms with Gasteiger partial charge in [-0.05, 0) is 36.6 Å². The second-order valence-corrected chi connectivity index (χ2v) is 7.65. The molecule has 10 heteroatoms. The smallest absolute Gasteiger partial charge is 0.267 e. The van der Waals surface area contributed by atoms with Crippen molar-refractivity contribution in [1.29, 1.82) is 0 Å². The van der Waals surface area contributed by atoms with E-state index in [0.717, 1.165) is 11.3 Å². The van der Waals surface area contributed by atoms with E-state index in [1.54, 1.807) is 18.3 Å². The molecular formula is C22H25N7O3. The fraction of sp³-hybridized carbons (Fsp3) is 0.227. The van der Waals surface area contributed by atoms with Gasteiger partial charge in [-0.1, -0.05) is 32.0 Å². The lowest BCUT2D eigenvalue weighted by Crippen LogP contribution is -2.38. The average Bonchev–Trinajstić information content (AvgIpc) is 2.73. The summed E-state index contributed by atoms with van der Waals surface area (Å²) in [5.41, 5.74) is 12.1. The quantitative estimate of drug-likeness (QED) is 0.342. The maximum Gasteiger partial charge on any atom is 0.267 e. The van der Waals surface area contributed by atoms with Crippen molar-refractivity contribution in [3.05, 3.63) is 64.6 Å². The maximum atomic E-state index is 12.5. The number of carbonyl (C=O) groups excluding carboxylic acids is 2. The molecule has 32 heavy (non-hydrogen) atoms. The van der Waals surface area contributed by atoms with Crippen molar-refractivity contribution in [1.82, 2.24) is 15.0 Å². The van der Waals surface area contributed by atoms with Crippen LogP contribution in [0.25, 0.3) is 11.3 Å². The van der Waals surface area contributed by atoms with Gasteiger partial charge in [-0.2, -0.15) is 4.98 Å². The molecule has 0 aliphatic carbocycles. The Kier molecular flexibility index (Phi) is 6.83. The number of pyridine rings is 1. The van der Waals surface area contributed by atoms with Crippen molar-refractivity contribution in [3.63, 3.8) is 0 Å². The highest BCUT2D eigenvalue weighted by atomic mass is 16.2. The second-order valence-electron chi connectivity index (χ2n) is 7.65. The zero-order chi connectivity index (χ0) is 23.3. The van der Waals surface area contributed by atoms with Crippen molar-refractivity contribution in [2.45, 2.75) is 26.3 Å². The number of aromatic amines is 1. The third kappa shape index (κ3) is 5.48. The number of primary amides is 2. The highest BCUT2D eigenvalue weighted by molar-refractivity contribution is 5.98. The van der Waals surface area contributed by atoms with E-state index in [1.165, 1.54) is 0 Å². The molecular weight excluding hydrogens is 410 g/mol. The molecule has 0 saturated heterocycles. The molecule has 0 bridgehead atoms. The van der Waals surface area contributed by atoms with Gasteiger partial charge in [0.15, 0.2) is 5.82 Å². The van der Waals surface area contributed by atoms with E-state index in [9.17, 15) is 14.4 Å². The van der Waals surface area contributed by atoms with E-state index in [2.05, 4.69) is 25.6 Å². The van der Waals surface area contributed by atoms with Gasteiger partial charge in [0.25, 0.3) is 11.5 Å². The second kappa shape index (κ2) is 9.73. The number of carbonyl (C=O) groups is 2. The Bertz CT molecular complexity index is 1160. The first-order valence-electron chi connectivity index (χ1n) is 10.0. The number of nitrogens with zero attached hydrogens (tertiary/aromatic N) is 2. The first-order valence-corrected chi connectivity index (χ1v) is 10.0. The summed E-state index contributed by atoms with van der Waals surface area (Å²) in [5, 5.41) is 5.78. The molecule has 0 spiro atoms. The topological polar surface area (TPSA) is 169 Å². The van der Waals surface area contributed by atoms with E-state index in [4.69, 9.17) is 11.5 Å². The Morgan fingerprint density at radius 1 is 1.09 bits per heavy atom. The highest BCUT2D eigenvalue weighted by Gasteiger charge is 2.21. The van der Waals surface area contributed by atoms with Crippen LogP contribution in [-0.4, -0.2) is 32.8 Å². The third-order valence-electron chi connectivity index (χ3n) is 4.64. The van der Waals surface area contributed by atoms with Gasteiger partial charge in [-0.15, -0.1) is 0 Å². The molecule has 0 unspecified atom stereocenters. The summed E-state index contributed by atoms with van der Waals surface area (Å²) < 4.78 is 0. The summed E-state index contributed by atoms with van der Waals surface area (Å²) in [7, 11) is 0. The number of benzene rings is 1. The molecule has 0 aliphatic rings. The summed E-state index contributed by atoms with van der Waals surface area (Å²) >= 11 is 0. The lowest BCUT2D eigenvalue weighted by molar-refractivity contribution is -0.119. The minimum absolute atomic E-state index is 0.00273. The molecule has 10 nitrogen and oxygen atoms in total. The summed E-state index contributed by atoms with van der Waals surface area (Å²) in [4.78, 5) is 47.2. The van der Waals surface area contributed by atoms with Gasteiger partial charge < -0.3 is 22.1 Å². The average molecular weight is 435 g/mol. The van der Waals surface area contributed by atoms with E-state index in [0.29, 0.717) is 12.1 Å². The maximum absolute atomic E-state index is 12.5. The van der Waals surface area contributed by atoms with E-state index >= 15 is 0 Å². The summed E-state index contributed by atoms with van der Waals surface area (Å²) in [6, 6.07) is 12.1. The zero-order valence-corrected chi connectivity index (χ0v) is 17.8. The van der Waals surface area contributed by atoms with E-state index in [-0.39, 0.29) is 23.2 Å². The molecule has 2 heterocycles. The fourth-order valence-electron chi connectivity index (χ4n) is 3.14. The SMILES string of the molecule is CC(C)C[C@@H](Nc1nc(Nc2ccc(-c3ccccn3)cc2)c(C(N)=O)c(=O)[nH]1)C(N)=O. The van der Waals surface area contributed by atoms with Crippen LogP contribution in [0.15, 0.2) is 53.5 Å². The van der Waals surface area contributed by atoms with Gasteiger partial charge in [0.2, 0.25) is 11.9 Å². The minimum Gasteiger partial charge on any atom is -0.368 e. The summed E-state index contributed by atoms with van der Waals surface area (Å²) in [5.74, 6) is -1.39. The molecule has 3 rings (SSSR count).